The molecule has 0 amide bonds. The van der Waals surface area contributed by atoms with Gasteiger partial charge in [-0.05, 0) is 25.0 Å². The summed E-state index contributed by atoms with van der Waals surface area (Å²) in [5, 5.41) is 0. The summed E-state index contributed by atoms with van der Waals surface area (Å²) in [6, 6.07) is 10.0. The van der Waals surface area contributed by atoms with Gasteiger partial charge in [0.15, 0.2) is 0 Å². The third-order valence-corrected chi connectivity index (χ3v) is 2.30. The van der Waals surface area contributed by atoms with Gasteiger partial charge in [-0.25, -0.2) is 0 Å². The van der Waals surface area contributed by atoms with Gasteiger partial charge in [0, 0.05) is 12.7 Å². The molecule has 0 N–H and O–H groups in total. The maximum absolute atomic E-state index is 5.30. The molecule has 1 aliphatic rings. The molecule has 13 heavy (non-hydrogen) atoms. The van der Waals surface area contributed by atoms with Gasteiger partial charge in [0.25, 0.3) is 0 Å². The molecule has 66 valence electrons. The highest BCUT2D eigenvalue weighted by atomic mass is 16.5. The van der Waals surface area contributed by atoms with Gasteiger partial charge in [-0.15, -0.1) is 0 Å². The average Bonchev–Trinajstić information content (AvgIpc) is 2.97. The molecule has 0 aliphatic heterocycles. The zero-order chi connectivity index (χ0) is 9.15. The van der Waals surface area contributed by atoms with E-state index in [4.69, 9.17) is 4.74 Å². The lowest BCUT2D eigenvalue weighted by Gasteiger charge is -2.01. The first-order chi connectivity index (χ1) is 6.35. The van der Waals surface area contributed by atoms with Crippen molar-refractivity contribution in [3.05, 3.63) is 35.9 Å². The summed E-state index contributed by atoms with van der Waals surface area (Å²) < 4.78 is 5.30. The minimum atomic E-state index is -0.115. The molecular weight excluding hydrogens is 160 g/mol. The summed E-state index contributed by atoms with van der Waals surface area (Å²) in [5.74, 6) is 6.29. The second kappa shape index (κ2) is 3.24. The fourth-order valence-electron chi connectivity index (χ4n) is 1.20. The van der Waals surface area contributed by atoms with Crippen molar-refractivity contribution in [3.8, 4) is 11.8 Å². The lowest BCUT2D eigenvalue weighted by Crippen LogP contribution is -2.06. The van der Waals surface area contributed by atoms with E-state index in [-0.39, 0.29) is 5.60 Å². The van der Waals surface area contributed by atoms with Gasteiger partial charge in [-0.3, -0.25) is 0 Å². The van der Waals surface area contributed by atoms with Crippen LogP contribution in [-0.4, -0.2) is 12.7 Å². The maximum Gasteiger partial charge on any atom is 0.128 e. The summed E-state index contributed by atoms with van der Waals surface area (Å²) in [7, 11) is 1.73. The van der Waals surface area contributed by atoms with E-state index in [2.05, 4.69) is 11.8 Å². The van der Waals surface area contributed by atoms with Gasteiger partial charge in [0.1, 0.15) is 5.60 Å². The molecule has 1 aromatic rings. The molecule has 1 aliphatic carbocycles. The van der Waals surface area contributed by atoms with E-state index in [1.807, 2.05) is 30.3 Å². The summed E-state index contributed by atoms with van der Waals surface area (Å²) in [6.07, 6.45) is 2.15. The van der Waals surface area contributed by atoms with Crippen molar-refractivity contribution in [2.75, 3.05) is 7.11 Å². The molecule has 2 rings (SSSR count). The van der Waals surface area contributed by atoms with Crippen LogP contribution in [0, 0.1) is 11.8 Å². The van der Waals surface area contributed by atoms with Crippen molar-refractivity contribution < 1.29 is 4.74 Å². The Morgan fingerprint density at radius 3 is 2.46 bits per heavy atom. The Morgan fingerprint density at radius 1 is 1.23 bits per heavy atom. The normalized spacial score (nSPS) is 17.3. The number of hydrogen-bond acceptors (Lipinski definition) is 1. The van der Waals surface area contributed by atoms with Crippen LogP contribution >= 0.6 is 0 Å². The Bertz CT molecular complexity index is 338. The summed E-state index contributed by atoms with van der Waals surface area (Å²) >= 11 is 0. The quantitative estimate of drug-likeness (QED) is 0.590. The van der Waals surface area contributed by atoms with Gasteiger partial charge in [-0.1, -0.05) is 30.0 Å². The van der Waals surface area contributed by atoms with E-state index in [9.17, 15) is 0 Å². The van der Waals surface area contributed by atoms with E-state index in [1.54, 1.807) is 7.11 Å². The number of ether oxygens (including phenoxy) is 1. The highest BCUT2D eigenvalue weighted by Crippen LogP contribution is 2.37. The van der Waals surface area contributed by atoms with E-state index >= 15 is 0 Å². The van der Waals surface area contributed by atoms with E-state index in [0.717, 1.165) is 18.4 Å². The van der Waals surface area contributed by atoms with E-state index < -0.39 is 0 Å². The van der Waals surface area contributed by atoms with Gasteiger partial charge < -0.3 is 4.74 Å². The minimum absolute atomic E-state index is 0.115. The van der Waals surface area contributed by atoms with Crippen molar-refractivity contribution in [2.45, 2.75) is 18.4 Å². The van der Waals surface area contributed by atoms with Gasteiger partial charge in [0.05, 0.1) is 0 Å². The molecule has 1 heteroatoms. The van der Waals surface area contributed by atoms with Crippen LogP contribution in [0.15, 0.2) is 30.3 Å². The molecule has 1 aromatic carbocycles. The SMILES string of the molecule is COC1(C#Cc2ccccc2)CC1. The Kier molecular flexibility index (Phi) is 2.08. The lowest BCUT2D eigenvalue weighted by atomic mass is 10.2. The van der Waals surface area contributed by atoms with Gasteiger partial charge >= 0.3 is 0 Å². The zero-order valence-electron chi connectivity index (χ0n) is 7.71. The van der Waals surface area contributed by atoms with Crippen molar-refractivity contribution >= 4 is 0 Å². The molecule has 1 fully saturated rings. The summed E-state index contributed by atoms with van der Waals surface area (Å²) in [4.78, 5) is 0. The monoisotopic (exact) mass is 172 g/mol. The van der Waals surface area contributed by atoms with Crippen LogP contribution in [0.4, 0.5) is 0 Å². The molecule has 0 heterocycles. The van der Waals surface area contributed by atoms with Crippen LogP contribution < -0.4 is 0 Å². The van der Waals surface area contributed by atoms with Crippen LogP contribution in [0.2, 0.25) is 0 Å². The Balaban J connectivity index is 2.13. The first kappa shape index (κ1) is 8.34. The van der Waals surface area contributed by atoms with Crippen LogP contribution in [-0.2, 0) is 4.74 Å². The topological polar surface area (TPSA) is 9.23 Å². The van der Waals surface area contributed by atoms with Gasteiger partial charge in [0.2, 0.25) is 0 Å². The number of benzene rings is 1. The third kappa shape index (κ3) is 1.91. The molecule has 0 atom stereocenters. The molecule has 0 spiro atoms. The van der Waals surface area contributed by atoms with Crippen molar-refractivity contribution in [1.82, 2.24) is 0 Å². The number of methoxy groups -OCH3 is 1. The van der Waals surface area contributed by atoms with Crippen molar-refractivity contribution in [1.29, 1.82) is 0 Å². The third-order valence-electron chi connectivity index (χ3n) is 2.30. The maximum atomic E-state index is 5.30. The molecule has 0 saturated heterocycles. The highest BCUT2D eigenvalue weighted by Gasteiger charge is 2.41. The molecule has 0 unspecified atom stereocenters. The summed E-state index contributed by atoms with van der Waals surface area (Å²) in [6.45, 7) is 0. The highest BCUT2D eigenvalue weighted by molar-refractivity contribution is 5.37. The van der Waals surface area contributed by atoms with E-state index in [0.29, 0.717) is 0 Å². The molecule has 0 aromatic heterocycles. The second-order valence-corrected chi connectivity index (χ2v) is 3.31. The second-order valence-electron chi connectivity index (χ2n) is 3.31. The van der Waals surface area contributed by atoms with Crippen LogP contribution in [0.5, 0.6) is 0 Å². The van der Waals surface area contributed by atoms with Crippen molar-refractivity contribution in [2.24, 2.45) is 0 Å². The number of rotatable bonds is 1. The lowest BCUT2D eigenvalue weighted by molar-refractivity contribution is 0.129. The Hall–Kier alpha value is -1.26. The van der Waals surface area contributed by atoms with Crippen LogP contribution in [0.25, 0.3) is 0 Å². The Labute approximate surface area is 78.7 Å². The average molecular weight is 172 g/mol. The minimum Gasteiger partial charge on any atom is -0.366 e. The molecule has 1 saturated carbocycles. The fraction of sp³-hybridized carbons (Fsp3) is 0.333. The first-order valence-electron chi connectivity index (χ1n) is 4.48. The van der Waals surface area contributed by atoms with Crippen LogP contribution in [0.1, 0.15) is 18.4 Å². The van der Waals surface area contributed by atoms with E-state index in [1.165, 1.54) is 0 Å². The summed E-state index contributed by atoms with van der Waals surface area (Å²) in [5.41, 5.74) is 0.946. The number of hydrogen-bond donors (Lipinski definition) is 0. The molecule has 1 nitrogen and oxygen atoms in total. The van der Waals surface area contributed by atoms with Crippen LogP contribution in [0.3, 0.4) is 0 Å². The fourth-order valence-corrected chi connectivity index (χ4v) is 1.20. The molecule has 0 bridgehead atoms. The smallest absolute Gasteiger partial charge is 0.128 e. The molecule has 0 radical (unpaired) electrons. The van der Waals surface area contributed by atoms with Gasteiger partial charge in [-0.2, -0.15) is 0 Å². The predicted molar refractivity (Wildman–Crippen MR) is 52.3 cm³/mol. The largest absolute Gasteiger partial charge is 0.366 e. The van der Waals surface area contributed by atoms with Crippen molar-refractivity contribution in [3.63, 3.8) is 0 Å². The zero-order valence-corrected chi connectivity index (χ0v) is 7.71. The predicted octanol–water partition coefficient (Wildman–Crippen LogP) is 2.22. The first-order valence-corrected chi connectivity index (χ1v) is 4.48. The standard InChI is InChI=1S/C12H12O/c1-13-12(9-10-12)8-7-11-5-3-2-4-6-11/h2-6H,9-10H2,1H3. The molecular formula is C12H12O. The Morgan fingerprint density at radius 2 is 1.92 bits per heavy atom.